The van der Waals surface area contributed by atoms with Crippen LogP contribution in [-0.2, 0) is 62.2 Å². The van der Waals surface area contributed by atoms with Crippen molar-refractivity contribution in [2.45, 2.75) is 122 Å². The van der Waals surface area contributed by atoms with Crippen LogP contribution in [0.3, 0.4) is 0 Å². The number of quaternary nitrogens is 1. The van der Waals surface area contributed by atoms with Gasteiger partial charge >= 0.3 is 47.3 Å². The summed E-state index contributed by atoms with van der Waals surface area (Å²) < 4.78 is 39.2. The molecule has 0 radical (unpaired) electrons. The third-order valence-corrected chi connectivity index (χ3v) is 9.23. The van der Waals surface area contributed by atoms with Gasteiger partial charge in [0.1, 0.15) is 32.1 Å². The second-order valence-electron chi connectivity index (χ2n) is 14.1. The molecule has 0 aliphatic heterocycles. The third-order valence-electron chi connectivity index (χ3n) is 8.27. The van der Waals surface area contributed by atoms with Gasteiger partial charge in [0.25, 0.3) is 7.82 Å². The molecule has 0 saturated heterocycles. The Morgan fingerprint density at radius 3 is 1.93 bits per heavy atom. The summed E-state index contributed by atoms with van der Waals surface area (Å²) in [6, 6.07) is 5.24. The average molecular weight is 1010 g/mol. The molecule has 1 rings (SSSR count). The van der Waals surface area contributed by atoms with Crippen molar-refractivity contribution in [2.24, 2.45) is 0 Å². The van der Waals surface area contributed by atoms with Crippen LogP contribution in [0.1, 0.15) is 114 Å². The molecule has 13 nitrogen and oxygen atoms in total. The Morgan fingerprint density at radius 2 is 1.39 bits per heavy atom. The molecule has 0 saturated carbocycles. The quantitative estimate of drug-likeness (QED) is 0.0310. The summed E-state index contributed by atoms with van der Waals surface area (Å²) in [5, 5.41) is 2.90. The summed E-state index contributed by atoms with van der Waals surface area (Å²) in [5.74, 6) is -0.564. The Labute approximate surface area is 341 Å². The van der Waals surface area contributed by atoms with Crippen LogP contribution in [0.25, 0.3) is 11.5 Å². The molecule has 0 aliphatic carbocycles. The Kier molecular flexibility index (Phi) is 33.7. The number of likely N-dealkylation sites (N-methyl/N-ethyl adjacent to an activating group) is 1. The number of nitrogens with one attached hydrogen (secondary N) is 3. The number of rotatable bonds is 33. The summed E-state index contributed by atoms with van der Waals surface area (Å²) in [5.41, 5.74) is 16.7. The minimum absolute atomic E-state index is 0.0549. The van der Waals surface area contributed by atoms with Crippen molar-refractivity contribution >= 4 is 38.6 Å². The second-order valence-corrected chi connectivity index (χ2v) is 18.8. The van der Waals surface area contributed by atoms with Crippen molar-refractivity contribution in [2.75, 3.05) is 67.2 Å². The SMILES string of the molecule is CCCCCCCCCCCCCCCCC(=O)OC[C@@H](COP(=O)([O-])OCC[N+](C)(C)C)OC(=O)CNCCOc1ccc(C[NH-])c(C[NH-])c1.[Cl][Pt+2][Cl]. The molecule has 0 aromatic heterocycles. The van der Waals surface area contributed by atoms with E-state index in [2.05, 4.69) is 12.2 Å². The van der Waals surface area contributed by atoms with Crippen molar-refractivity contribution < 1.29 is 63.3 Å². The van der Waals surface area contributed by atoms with Crippen LogP contribution in [0.4, 0.5) is 0 Å². The van der Waals surface area contributed by atoms with Gasteiger partial charge in [0.15, 0.2) is 6.10 Å². The average Bonchev–Trinajstić information content (AvgIpc) is 3.12. The number of nitrogens with zero attached hydrogens (tertiary/aromatic N) is 1. The van der Waals surface area contributed by atoms with E-state index in [0.29, 0.717) is 29.7 Å². The van der Waals surface area contributed by atoms with E-state index in [-0.39, 0.29) is 45.9 Å². The summed E-state index contributed by atoms with van der Waals surface area (Å²) in [7, 11) is 10.8. The Hall–Kier alpha value is -0.822. The molecule has 0 aliphatic rings. The van der Waals surface area contributed by atoms with E-state index in [9.17, 15) is 19.0 Å². The number of hydrogen-bond donors (Lipinski definition) is 1. The minimum atomic E-state index is -4.69. The summed E-state index contributed by atoms with van der Waals surface area (Å²) in [6.45, 7) is 2.18. The molecule has 3 N–H and O–H groups in total. The molecule has 318 valence electrons. The van der Waals surface area contributed by atoms with Crippen LogP contribution < -0.4 is 14.9 Å². The number of esters is 2. The van der Waals surface area contributed by atoms with Gasteiger partial charge in [-0.2, -0.15) is 0 Å². The Morgan fingerprint density at radius 1 is 0.833 bits per heavy atom. The van der Waals surface area contributed by atoms with Crippen molar-refractivity contribution in [1.82, 2.24) is 5.32 Å². The number of carbonyl (C=O) groups excluding carboxylic acids is 2. The van der Waals surface area contributed by atoms with E-state index in [1.165, 1.54) is 64.2 Å². The first-order valence-electron chi connectivity index (χ1n) is 19.1. The van der Waals surface area contributed by atoms with E-state index >= 15 is 0 Å². The van der Waals surface area contributed by atoms with Crippen molar-refractivity contribution in [1.29, 1.82) is 0 Å². The van der Waals surface area contributed by atoms with Gasteiger partial charge in [-0.3, -0.25) is 14.2 Å². The molecule has 0 spiro atoms. The second kappa shape index (κ2) is 34.2. The predicted octanol–water partition coefficient (Wildman–Crippen LogP) is 8.67. The monoisotopic (exact) mass is 1010 g/mol. The van der Waals surface area contributed by atoms with Gasteiger partial charge < -0.3 is 49.4 Å². The molecule has 17 heteroatoms. The molecule has 54 heavy (non-hydrogen) atoms. The van der Waals surface area contributed by atoms with E-state index in [1.807, 2.05) is 21.1 Å². The fraction of sp³-hybridized carbons (Fsp3) is 0.784. The predicted molar refractivity (Wildman–Crippen MR) is 211 cm³/mol. The fourth-order valence-corrected chi connectivity index (χ4v) is 5.89. The number of benzene rings is 1. The molecule has 0 bridgehead atoms. The molecule has 2 atom stereocenters. The summed E-state index contributed by atoms with van der Waals surface area (Å²) >= 11 is -0.472. The Balaban J connectivity index is 0.00000903. The number of ether oxygens (including phenoxy) is 3. The number of phosphoric ester groups is 1. The third kappa shape index (κ3) is 32.3. The Bertz CT molecular complexity index is 1160. The van der Waals surface area contributed by atoms with Gasteiger partial charge in [0.05, 0.1) is 34.3 Å². The van der Waals surface area contributed by atoms with E-state index in [1.54, 1.807) is 18.2 Å². The molecule has 0 heterocycles. The van der Waals surface area contributed by atoms with Crippen molar-refractivity contribution in [3.05, 3.63) is 40.8 Å². The zero-order valence-corrected chi connectivity index (χ0v) is 37.6. The van der Waals surface area contributed by atoms with Crippen LogP contribution in [0.15, 0.2) is 18.2 Å². The van der Waals surface area contributed by atoms with Crippen LogP contribution in [-0.4, -0.2) is 89.7 Å². The first kappa shape index (κ1) is 53.2. The van der Waals surface area contributed by atoms with Gasteiger partial charge in [-0.15, -0.1) is 13.1 Å². The molecular formula is C37H67Cl2N4O9PPt. The van der Waals surface area contributed by atoms with Gasteiger partial charge in [-0.1, -0.05) is 108 Å². The summed E-state index contributed by atoms with van der Waals surface area (Å²) in [4.78, 5) is 37.3. The number of hydrogen-bond acceptors (Lipinski definition) is 10. The fourth-order valence-electron chi connectivity index (χ4n) is 5.16. The topological polar surface area (TPSA) is 180 Å². The maximum absolute atomic E-state index is 12.6. The molecule has 1 unspecified atom stereocenters. The molecule has 0 fully saturated rings. The molecule has 1 aromatic carbocycles. The van der Waals surface area contributed by atoms with Crippen LogP contribution >= 0.6 is 26.7 Å². The van der Waals surface area contributed by atoms with Gasteiger partial charge in [0.2, 0.25) is 0 Å². The first-order chi connectivity index (χ1) is 25.8. The van der Waals surface area contributed by atoms with Crippen molar-refractivity contribution in [3.63, 3.8) is 0 Å². The van der Waals surface area contributed by atoms with Crippen molar-refractivity contribution in [3.8, 4) is 5.75 Å². The van der Waals surface area contributed by atoms with Crippen LogP contribution in [0.5, 0.6) is 5.75 Å². The maximum atomic E-state index is 12.6. The standard InChI is InChI=1S/C37H68N4O9P.2ClH.Pt/c1-5-6-7-8-9-10-11-12-13-14-15-16-17-18-19-36(42)47-30-35(31-49-51(44,45)48-25-23-41(2,3)4)50-37(43)29-40-22-24-46-34-21-20-32(27-38)33(26-34)28-39;;;/h20-21,26,35,38-40H,5-19,22-25,27-31H2,1-4H3,(H,44,45);2*1H;/q-1;;;+4/p-3/t35-;;;/m0.../s1. The summed E-state index contributed by atoms with van der Waals surface area (Å²) in [6.07, 6.45) is 16.0. The van der Waals surface area contributed by atoms with Gasteiger partial charge in [-0.05, 0) is 18.6 Å². The number of unbranched alkanes of at least 4 members (excludes halogenated alkanes) is 13. The number of phosphoric acid groups is 1. The normalized spacial score (nSPS) is 13.1. The number of carbonyl (C=O) groups is 2. The molecule has 0 amide bonds. The molecule has 1 aromatic rings. The zero-order valence-electron chi connectivity index (χ0n) is 32.9. The van der Waals surface area contributed by atoms with Crippen LogP contribution in [0, 0.1) is 0 Å². The number of halogens is 2. The first-order valence-corrected chi connectivity index (χ1v) is 26.2. The van der Waals surface area contributed by atoms with Gasteiger partial charge in [0, 0.05) is 13.0 Å². The zero-order chi connectivity index (χ0) is 40.5. The van der Waals surface area contributed by atoms with Gasteiger partial charge in [-0.25, -0.2) is 0 Å². The molecular weight excluding hydrogens is 941 g/mol. The van der Waals surface area contributed by atoms with Crippen LogP contribution in [0.2, 0.25) is 0 Å². The van der Waals surface area contributed by atoms with E-state index in [4.69, 9.17) is 53.6 Å². The van der Waals surface area contributed by atoms with E-state index in [0.717, 1.165) is 30.4 Å². The van der Waals surface area contributed by atoms with E-state index < -0.39 is 49.0 Å².